The summed E-state index contributed by atoms with van der Waals surface area (Å²) in [6, 6.07) is 5.47. The van der Waals surface area contributed by atoms with Crippen molar-refractivity contribution in [3.63, 3.8) is 0 Å². The number of rotatable bonds is 2. The number of hydrogen-bond acceptors (Lipinski definition) is 2. The Morgan fingerprint density at radius 1 is 1.50 bits per heavy atom. The number of benzene rings is 1. The van der Waals surface area contributed by atoms with Crippen LogP contribution in [0.2, 0.25) is 5.02 Å². The molecule has 1 fully saturated rings. The molecule has 3 nitrogen and oxygen atoms in total. The van der Waals surface area contributed by atoms with Gasteiger partial charge in [-0.1, -0.05) is 23.7 Å². The van der Waals surface area contributed by atoms with E-state index >= 15 is 0 Å². The molecule has 16 heavy (non-hydrogen) atoms. The van der Waals surface area contributed by atoms with E-state index in [1.807, 2.05) is 19.1 Å². The highest BCUT2D eigenvalue weighted by Crippen LogP contribution is 2.23. The largest absolute Gasteiger partial charge is 0.393 e. The molecule has 0 heterocycles. The molecule has 1 aliphatic carbocycles. The summed E-state index contributed by atoms with van der Waals surface area (Å²) < 4.78 is 0. The molecule has 0 saturated heterocycles. The van der Waals surface area contributed by atoms with E-state index in [2.05, 4.69) is 5.32 Å². The Morgan fingerprint density at radius 2 is 2.19 bits per heavy atom. The smallest absolute Gasteiger partial charge is 0.253 e. The Bertz CT molecular complexity index is 413. The Kier molecular flexibility index (Phi) is 3.17. The van der Waals surface area contributed by atoms with Crippen molar-refractivity contribution in [2.45, 2.75) is 31.9 Å². The van der Waals surface area contributed by atoms with Gasteiger partial charge in [-0.25, -0.2) is 0 Å². The van der Waals surface area contributed by atoms with Crippen LogP contribution in [0.1, 0.15) is 28.8 Å². The van der Waals surface area contributed by atoms with Crippen molar-refractivity contribution in [2.24, 2.45) is 0 Å². The molecule has 1 aliphatic rings. The van der Waals surface area contributed by atoms with Crippen LogP contribution in [0.15, 0.2) is 18.2 Å². The molecular weight excluding hydrogens is 226 g/mol. The van der Waals surface area contributed by atoms with E-state index in [1.54, 1.807) is 6.07 Å². The number of aliphatic hydroxyl groups is 1. The van der Waals surface area contributed by atoms with E-state index in [-0.39, 0.29) is 18.1 Å². The van der Waals surface area contributed by atoms with Crippen LogP contribution in [0.3, 0.4) is 0 Å². The fourth-order valence-corrected chi connectivity index (χ4v) is 2.00. The summed E-state index contributed by atoms with van der Waals surface area (Å²) >= 11 is 6.05. The van der Waals surface area contributed by atoms with Gasteiger partial charge in [0.25, 0.3) is 5.91 Å². The van der Waals surface area contributed by atoms with Crippen molar-refractivity contribution < 1.29 is 9.90 Å². The maximum absolute atomic E-state index is 11.9. The van der Waals surface area contributed by atoms with Crippen molar-refractivity contribution in [3.05, 3.63) is 34.3 Å². The van der Waals surface area contributed by atoms with Crippen molar-refractivity contribution in [1.29, 1.82) is 0 Å². The van der Waals surface area contributed by atoms with Gasteiger partial charge in [-0.15, -0.1) is 0 Å². The van der Waals surface area contributed by atoms with Gasteiger partial charge in [-0.3, -0.25) is 4.79 Å². The Balaban J connectivity index is 2.06. The van der Waals surface area contributed by atoms with E-state index in [9.17, 15) is 4.79 Å². The van der Waals surface area contributed by atoms with Crippen LogP contribution >= 0.6 is 11.6 Å². The molecule has 1 aromatic carbocycles. The predicted octanol–water partition coefficient (Wildman–Crippen LogP) is 1.90. The van der Waals surface area contributed by atoms with Crippen LogP contribution in [0.5, 0.6) is 0 Å². The molecule has 0 aromatic heterocycles. The van der Waals surface area contributed by atoms with Gasteiger partial charge in [0.15, 0.2) is 0 Å². The van der Waals surface area contributed by atoms with Crippen LogP contribution in [-0.2, 0) is 0 Å². The Labute approximate surface area is 99.4 Å². The summed E-state index contributed by atoms with van der Waals surface area (Å²) in [6.07, 6.45) is 1.00. The zero-order valence-corrected chi connectivity index (χ0v) is 9.79. The normalized spacial score (nSPS) is 23.7. The average molecular weight is 240 g/mol. The maximum atomic E-state index is 11.9. The van der Waals surface area contributed by atoms with Gasteiger partial charge < -0.3 is 10.4 Å². The minimum Gasteiger partial charge on any atom is -0.393 e. The first-order chi connectivity index (χ1) is 7.58. The van der Waals surface area contributed by atoms with E-state index in [4.69, 9.17) is 16.7 Å². The Morgan fingerprint density at radius 3 is 2.81 bits per heavy atom. The number of aliphatic hydroxyl groups excluding tert-OH is 1. The Hall–Kier alpha value is -1.06. The standard InChI is InChI=1S/C12H14ClNO2/c1-7-3-2-4-10(11(7)13)12(16)14-8-5-9(15)6-8/h2-4,8-9,15H,5-6H2,1H3,(H,14,16). The van der Waals surface area contributed by atoms with Crippen LogP contribution in [0, 0.1) is 6.92 Å². The second-order valence-electron chi connectivity index (χ2n) is 4.23. The maximum Gasteiger partial charge on any atom is 0.253 e. The second-order valence-corrected chi connectivity index (χ2v) is 4.61. The third kappa shape index (κ3) is 2.20. The zero-order valence-electron chi connectivity index (χ0n) is 9.03. The minimum absolute atomic E-state index is 0.0825. The van der Waals surface area contributed by atoms with Gasteiger partial charge >= 0.3 is 0 Å². The molecule has 0 spiro atoms. The fourth-order valence-electron chi connectivity index (χ4n) is 1.79. The fraction of sp³-hybridized carbons (Fsp3) is 0.417. The molecule has 0 radical (unpaired) electrons. The summed E-state index contributed by atoms with van der Waals surface area (Å²) in [7, 11) is 0. The number of aryl methyl sites for hydroxylation is 1. The molecule has 86 valence electrons. The van der Waals surface area contributed by atoms with Gasteiger partial charge in [-0.2, -0.15) is 0 Å². The monoisotopic (exact) mass is 239 g/mol. The molecule has 0 bridgehead atoms. The molecule has 1 amide bonds. The highest BCUT2D eigenvalue weighted by molar-refractivity contribution is 6.34. The summed E-state index contributed by atoms with van der Waals surface area (Å²) in [5.74, 6) is -0.161. The summed E-state index contributed by atoms with van der Waals surface area (Å²) in [6.45, 7) is 1.87. The number of carbonyl (C=O) groups excluding carboxylic acids is 1. The lowest BCUT2D eigenvalue weighted by atomic mass is 9.89. The van der Waals surface area contributed by atoms with Crippen LogP contribution in [0.25, 0.3) is 0 Å². The van der Waals surface area contributed by atoms with Crippen LogP contribution in [0.4, 0.5) is 0 Å². The SMILES string of the molecule is Cc1cccc(C(=O)NC2CC(O)C2)c1Cl. The number of halogens is 1. The second kappa shape index (κ2) is 4.44. The molecule has 2 rings (SSSR count). The first-order valence-electron chi connectivity index (χ1n) is 5.32. The molecular formula is C12H14ClNO2. The van der Waals surface area contributed by atoms with Gasteiger partial charge in [0.1, 0.15) is 0 Å². The van der Waals surface area contributed by atoms with Gasteiger partial charge in [-0.05, 0) is 31.4 Å². The third-order valence-electron chi connectivity index (χ3n) is 2.88. The van der Waals surface area contributed by atoms with E-state index in [1.165, 1.54) is 0 Å². The summed E-state index contributed by atoms with van der Waals surface area (Å²) in [4.78, 5) is 11.9. The van der Waals surface area contributed by atoms with E-state index < -0.39 is 0 Å². The summed E-state index contributed by atoms with van der Waals surface area (Å²) in [5, 5.41) is 12.5. The van der Waals surface area contributed by atoms with Crippen LogP contribution in [-0.4, -0.2) is 23.2 Å². The molecule has 4 heteroatoms. The molecule has 0 atom stereocenters. The van der Waals surface area contributed by atoms with Gasteiger partial charge in [0.05, 0.1) is 16.7 Å². The molecule has 0 aliphatic heterocycles. The average Bonchev–Trinajstić information content (AvgIpc) is 2.19. The molecule has 1 aromatic rings. The lowest BCUT2D eigenvalue weighted by Crippen LogP contribution is -2.46. The van der Waals surface area contributed by atoms with Gasteiger partial charge in [0, 0.05) is 6.04 Å². The minimum atomic E-state index is -0.265. The first-order valence-corrected chi connectivity index (χ1v) is 5.69. The quantitative estimate of drug-likeness (QED) is 0.828. The number of nitrogens with one attached hydrogen (secondary N) is 1. The molecule has 1 saturated carbocycles. The number of hydrogen-bond donors (Lipinski definition) is 2. The molecule has 2 N–H and O–H groups in total. The van der Waals surface area contributed by atoms with Crippen molar-refractivity contribution in [2.75, 3.05) is 0 Å². The zero-order chi connectivity index (χ0) is 11.7. The van der Waals surface area contributed by atoms with Gasteiger partial charge in [0.2, 0.25) is 0 Å². The predicted molar refractivity (Wildman–Crippen MR) is 62.7 cm³/mol. The first kappa shape index (κ1) is 11.4. The highest BCUT2D eigenvalue weighted by atomic mass is 35.5. The third-order valence-corrected chi connectivity index (χ3v) is 3.39. The number of amides is 1. The number of carbonyl (C=O) groups is 1. The van der Waals surface area contributed by atoms with Crippen LogP contribution < -0.4 is 5.32 Å². The molecule has 0 unspecified atom stereocenters. The lowest BCUT2D eigenvalue weighted by Gasteiger charge is -2.32. The van der Waals surface area contributed by atoms with Crippen molar-refractivity contribution in [3.8, 4) is 0 Å². The highest BCUT2D eigenvalue weighted by Gasteiger charge is 2.29. The lowest BCUT2D eigenvalue weighted by molar-refractivity contribution is 0.0563. The summed E-state index contributed by atoms with van der Waals surface area (Å²) in [5.41, 5.74) is 1.39. The van der Waals surface area contributed by atoms with Crippen molar-refractivity contribution >= 4 is 17.5 Å². The van der Waals surface area contributed by atoms with E-state index in [0.29, 0.717) is 23.4 Å². The topological polar surface area (TPSA) is 49.3 Å². The van der Waals surface area contributed by atoms with Crippen molar-refractivity contribution in [1.82, 2.24) is 5.32 Å². The van der Waals surface area contributed by atoms with E-state index in [0.717, 1.165) is 5.56 Å².